The highest BCUT2D eigenvalue weighted by atomic mass is 35.5. The van der Waals surface area contributed by atoms with E-state index in [9.17, 15) is 0 Å². The Hall–Kier alpha value is -0.890. The quantitative estimate of drug-likeness (QED) is 0.545. The van der Waals surface area contributed by atoms with Crippen LogP contribution in [0, 0.1) is 0 Å². The Morgan fingerprint density at radius 2 is 1.89 bits per heavy atom. The number of rotatable bonds is 0. The van der Waals surface area contributed by atoms with Gasteiger partial charge in [-0.25, -0.2) is 0 Å². The number of para-hydroxylation sites is 1. The van der Waals surface area contributed by atoms with E-state index < -0.39 is 0 Å². The second kappa shape index (κ2) is 2.15. The smallest absolute Gasteiger partial charge is 0.176 e. The van der Waals surface area contributed by atoms with Crippen molar-refractivity contribution in [2.24, 2.45) is 0 Å². The summed E-state index contributed by atoms with van der Waals surface area (Å²) in [5.41, 5.74) is 0. The molecule has 1 rings (SSSR count). The van der Waals surface area contributed by atoms with Gasteiger partial charge < -0.3 is 10.2 Å². The molecule has 0 heterocycles. The molecule has 0 unspecified atom stereocenters. The van der Waals surface area contributed by atoms with Gasteiger partial charge in [0.15, 0.2) is 11.5 Å². The van der Waals surface area contributed by atoms with Gasteiger partial charge in [-0.15, -0.1) is 0 Å². The van der Waals surface area contributed by atoms with E-state index >= 15 is 0 Å². The number of hydrogen-bond donors (Lipinski definition) is 2. The lowest BCUT2D eigenvalue weighted by atomic mass is 10.3. The third kappa shape index (κ3) is 1.08. The summed E-state index contributed by atoms with van der Waals surface area (Å²) >= 11 is 5.40. The Bertz CT molecular complexity index is 202. The number of aromatic hydroxyl groups is 2. The van der Waals surface area contributed by atoms with Gasteiger partial charge in [0.1, 0.15) is 0 Å². The van der Waals surface area contributed by atoms with Crippen molar-refractivity contribution in [3.05, 3.63) is 23.2 Å². The van der Waals surface area contributed by atoms with Crippen LogP contribution in [0.1, 0.15) is 0 Å². The fourth-order valence-electron chi connectivity index (χ4n) is 0.504. The molecule has 0 aliphatic rings. The van der Waals surface area contributed by atoms with E-state index in [1.54, 1.807) is 6.07 Å². The van der Waals surface area contributed by atoms with E-state index in [1.807, 2.05) is 0 Å². The first-order valence-electron chi connectivity index (χ1n) is 2.38. The first-order valence-corrected chi connectivity index (χ1v) is 2.76. The van der Waals surface area contributed by atoms with Crippen LogP contribution in [0.2, 0.25) is 5.02 Å². The molecule has 1 aromatic carbocycles. The molecule has 0 aliphatic heterocycles. The zero-order chi connectivity index (χ0) is 6.85. The standard InChI is InChI=1S/C6H5ClO2/c7-4-2-1-3-5(8)6(4)9/h1-3,8-9H. The molecule has 0 spiro atoms. The SMILES string of the molecule is Oc1cccc(Cl)c1O. The zero-order valence-corrected chi connectivity index (χ0v) is 5.26. The molecule has 3 heteroatoms. The topological polar surface area (TPSA) is 40.5 Å². The first kappa shape index (κ1) is 6.23. The predicted octanol–water partition coefficient (Wildman–Crippen LogP) is 1.75. The molecule has 0 fully saturated rings. The summed E-state index contributed by atoms with van der Waals surface area (Å²) in [7, 11) is 0. The summed E-state index contributed by atoms with van der Waals surface area (Å²) < 4.78 is 0. The average Bonchev–Trinajstić information content (AvgIpc) is 1.83. The lowest BCUT2D eigenvalue weighted by Crippen LogP contribution is -1.67. The Labute approximate surface area is 57.3 Å². The first-order chi connectivity index (χ1) is 4.22. The molecule has 0 amide bonds. The Morgan fingerprint density at radius 1 is 1.22 bits per heavy atom. The minimum Gasteiger partial charge on any atom is -0.504 e. The average molecular weight is 145 g/mol. The summed E-state index contributed by atoms with van der Waals surface area (Å²) in [6.45, 7) is 0. The third-order valence-corrected chi connectivity index (χ3v) is 1.27. The largest absolute Gasteiger partial charge is 0.504 e. The summed E-state index contributed by atoms with van der Waals surface area (Å²) in [4.78, 5) is 0. The summed E-state index contributed by atoms with van der Waals surface area (Å²) in [5, 5.41) is 17.8. The molecule has 0 bridgehead atoms. The molecule has 0 radical (unpaired) electrons. The Morgan fingerprint density at radius 3 is 2.33 bits per heavy atom. The van der Waals surface area contributed by atoms with Crippen LogP contribution in [0.3, 0.4) is 0 Å². The van der Waals surface area contributed by atoms with Crippen molar-refractivity contribution in [2.75, 3.05) is 0 Å². The molecule has 0 aromatic heterocycles. The molecule has 2 N–H and O–H groups in total. The van der Waals surface area contributed by atoms with Crippen LogP contribution in [-0.2, 0) is 0 Å². The normalized spacial score (nSPS) is 9.44. The highest BCUT2D eigenvalue weighted by Gasteiger charge is 2.00. The van der Waals surface area contributed by atoms with Crippen LogP contribution in [0.25, 0.3) is 0 Å². The molecule has 0 atom stereocenters. The Balaban J connectivity index is 3.25. The molecule has 0 saturated heterocycles. The maximum absolute atomic E-state index is 8.82. The second-order valence-corrected chi connectivity index (χ2v) is 2.01. The van der Waals surface area contributed by atoms with Crippen LogP contribution >= 0.6 is 11.6 Å². The van der Waals surface area contributed by atoms with Crippen molar-refractivity contribution < 1.29 is 10.2 Å². The zero-order valence-electron chi connectivity index (χ0n) is 4.50. The highest BCUT2D eigenvalue weighted by molar-refractivity contribution is 6.32. The van der Waals surface area contributed by atoms with Crippen LogP contribution < -0.4 is 0 Å². The molecule has 1 aromatic rings. The van der Waals surface area contributed by atoms with E-state index in [0.717, 1.165) is 0 Å². The van der Waals surface area contributed by atoms with Gasteiger partial charge >= 0.3 is 0 Å². The van der Waals surface area contributed by atoms with Crippen molar-refractivity contribution in [1.29, 1.82) is 0 Å². The molecular formula is C6H5ClO2. The van der Waals surface area contributed by atoms with Gasteiger partial charge in [0.05, 0.1) is 5.02 Å². The predicted molar refractivity (Wildman–Crippen MR) is 34.8 cm³/mol. The van der Waals surface area contributed by atoms with Crippen molar-refractivity contribution in [3.63, 3.8) is 0 Å². The number of benzene rings is 1. The van der Waals surface area contributed by atoms with E-state index in [0.29, 0.717) is 0 Å². The van der Waals surface area contributed by atoms with Crippen molar-refractivity contribution in [3.8, 4) is 11.5 Å². The lowest BCUT2D eigenvalue weighted by Gasteiger charge is -1.96. The molecule has 9 heavy (non-hydrogen) atoms. The number of phenolic OH excluding ortho intramolecular Hbond substituents is 2. The maximum Gasteiger partial charge on any atom is 0.176 e. The number of hydrogen-bond acceptors (Lipinski definition) is 2. The van der Waals surface area contributed by atoms with Crippen LogP contribution in [0.15, 0.2) is 18.2 Å². The lowest BCUT2D eigenvalue weighted by molar-refractivity contribution is 0.404. The van der Waals surface area contributed by atoms with Crippen LogP contribution in [-0.4, -0.2) is 10.2 Å². The minimum atomic E-state index is -0.265. The molecule has 0 aliphatic carbocycles. The van der Waals surface area contributed by atoms with Gasteiger partial charge in [-0.1, -0.05) is 17.7 Å². The van der Waals surface area contributed by atoms with E-state index in [-0.39, 0.29) is 16.5 Å². The monoisotopic (exact) mass is 144 g/mol. The fraction of sp³-hybridized carbons (Fsp3) is 0. The number of halogens is 1. The van der Waals surface area contributed by atoms with Crippen molar-refractivity contribution >= 4 is 11.6 Å². The van der Waals surface area contributed by atoms with Gasteiger partial charge in [-0.05, 0) is 12.1 Å². The molecular weight excluding hydrogens is 140 g/mol. The van der Waals surface area contributed by atoms with Crippen LogP contribution in [0.4, 0.5) is 0 Å². The Kier molecular flexibility index (Phi) is 1.49. The third-order valence-electron chi connectivity index (χ3n) is 0.965. The van der Waals surface area contributed by atoms with Crippen LogP contribution in [0.5, 0.6) is 11.5 Å². The fourth-order valence-corrected chi connectivity index (χ4v) is 0.674. The summed E-state index contributed by atoms with van der Waals surface area (Å²) in [6, 6.07) is 4.41. The van der Waals surface area contributed by atoms with Crippen molar-refractivity contribution in [1.82, 2.24) is 0 Å². The van der Waals surface area contributed by atoms with Gasteiger partial charge in [0.2, 0.25) is 0 Å². The molecule has 2 nitrogen and oxygen atoms in total. The molecule has 0 saturated carbocycles. The summed E-state index contributed by atoms with van der Waals surface area (Å²) in [6.07, 6.45) is 0. The van der Waals surface area contributed by atoms with E-state index in [1.165, 1.54) is 12.1 Å². The van der Waals surface area contributed by atoms with Gasteiger partial charge in [0.25, 0.3) is 0 Å². The molecule has 48 valence electrons. The van der Waals surface area contributed by atoms with Gasteiger partial charge in [0, 0.05) is 0 Å². The second-order valence-electron chi connectivity index (χ2n) is 1.61. The van der Waals surface area contributed by atoms with E-state index in [4.69, 9.17) is 21.8 Å². The van der Waals surface area contributed by atoms with Crippen molar-refractivity contribution in [2.45, 2.75) is 0 Å². The summed E-state index contributed by atoms with van der Waals surface area (Å²) in [5.74, 6) is -0.457. The minimum absolute atomic E-state index is 0.162. The maximum atomic E-state index is 8.82. The van der Waals surface area contributed by atoms with Gasteiger partial charge in [-0.2, -0.15) is 0 Å². The number of phenols is 2. The highest BCUT2D eigenvalue weighted by Crippen LogP contribution is 2.31. The van der Waals surface area contributed by atoms with Gasteiger partial charge in [-0.3, -0.25) is 0 Å². The van der Waals surface area contributed by atoms with E-state index in [2.05, 4.69) is 0 Å².